The van der Waals surface area contributed by atoms with Crippen LogP contribution in [0.3, 0.4) is 0 Å². The topological polar surface area (TPSA) is 117 Å². The molecule has 8 nitrogen and oxygen atoms in total. The minimum atomic E-state index is -5.05. The van der Waals surface area contributed by atoms with E-state index in [1.165, 1.54) is 0 Å². The molecule has 0 unspecified atom stereocenters. The van der Waals surface area contributed by atoms with E-state index in [0.717, 1.165) is 0 Å². The first-order valence-electron chi connectivity index (χ1n) is 13.2. The van der Waals surface area contributed by atoms with Gasteiger partial charge in [-0.15, -0.1) is 10.2 Å². The standard InChI is InChI=1S/C28H26F6N6O2S/c29-27(30,31)19-18(20(35)15-11-13-40(14-12-15)26-39-38-25(43-26)28(32,33)34)23(37-24(42)22(19)41)36-21(16-7-3-1-4-8-16)17-9-5-2-6-10-17/h1-10,15,19,21-22,41H,11-14,35H2,(H,36,37,42)/t19-,22-/m1/s1. The van der Waals surface area contributed by atoms with E-state index in [-0.39, 0.29) is 36.8 Å². The van der Waals surface area contributed by atoms with Gasteiger partial charge in [-0.1, -0.05) is 72.0 Å². The number of amidine groups is 1. The number of amides is 1. The van der Waals surface area contributed by atoms with Crippen LogP contribution in [0.15, 0.2) is 76.9 Å². The number of carbonyl (C=O) groups excluding carboxylic acids is 1. The average molecular weight is 625 g/mol. The first kappa shape index (κ1) is 30.5. The van der Waals surface area contributed by atoms with Crippen LogP contribution in [-0.4, -0.2) is 52.4 Å². The van der Waals surface area contributed by atoms with Crippen LogP contribution in [0.4, 0.5) is 31.5 Å². The van der Waals surface area contributed by atoms with E-state index in [1.54, 1.807) is 65.6 Å². The van der Waals surface area contributed by atoms with E-state index >= 15 is 0 Å². The SMILES string of the molecule is NC(=C1C(=NC(c2ccccc2)c2ccccc2)NC(=O)[C@H](O)[C@@H]1C(F)(F)F)C1CCN(c2nnc(C(F)(F)F)s2)CC1. The normalized spacial score (nSPS) is 22.7. The lowest BCUT2D eigenvalue weighted by Gasteiger charge is -2.37. The van der Waals surface area contributed by atoms with Gasteiger partial charge in [0.15, 0.2) is 0 Å². The van der Waals surface area contributed by atoms with Crippen molar-refractivity contribution in [2.75, 3.05) is 18.0 Å². The van der Waals surface area contributed by atoms with E-state index in [9.17, 15) is 36.2 Å². The fraction of sp³-hybridized carbons (Fsp3) is 0.357. The molecule has 0 radical (unpaired) electrons. The molecule has 2 fully saturated rings. The van der Waals surface area contributed by atoms with Crippen molar-refractivity contribution in [1.82, 2.24) is 15.5 Å². The summed E-state index contributed by atoms with van der Waals surface area (Å²) in [4.78, 5) is 18.8. The van der Waals surface area contributed by atoms with Crippen LogP contribution in [0.25, 0.3) is 0 Å². The molecule has 0 saturated carbocycles. The smallest absolute Gasteiger partial charge is 0.401 e. The molecule has 0 aliphatic carbocycles. The fourth-order valence-corrected chi connectivity index (χ4v) is 6.04. The van der Waals surface area contributed by atoms with E-state index in [1.807, 2.05) is 0 Å². The van der Waals surface area contributed by atoms with Crippen LogP contribution < -0.4 is 16.0 Å². The number of nitrogens with two attached hydrogens (primary N) is 1. The van der Waals surface area contributed by atoms with E-state index in [4.69, 9.17) is 5.73 Å². The van der Waals surface area contributed by atoms with Crippen LogP contribution in [0.1, 0.15) is 35.0 Å². The number of aliphatic hydroxyl groups is 1. The third-order valence-corrected chi connectivity index (χ3v) is 8.44. The first-order valence-corrected chi connectivity index (χ1v) is 14.0. The Morgan fingerprint density at radius 1 is 0.977 bits per heavy atom. The Morgan fingerprint density at radius 3 is 2.02 bits per heavy atom. The number of nitrogens with zero attached hydrogens (tertiary/aromatic N) is 4. The van der Waals surface area contributed by atoms with Gasteiger partial charge in [-0.2, -0.15) is 26.3 Å². The van der Waals surface area contributed by atoms with E-state index in [0.29, 0.717) is 22.5 Å². The van der Waals surface area contributed by atoms with Crippen molar-refractivity contribution < 1.29 is 36.2 Å². The van der Waals surface area contributed by atoms with Crippen LogP contribution in [0, 0.1) is 11.8 Å². The summed E-state index contributed by atoms with van der Waals surface area (Å²) in [5.74, 6) is -4.94. The summed E-state index contributed by atoms with van der Waals surface area (Å²) in [6.45, 7) is 0.305. The third-order valence-electron chi connectivity index (χ3n) is 7.41. The number of halogens is 6. The maximum absolute atomic E-state index is 14.5. The van der Waals surface area contributed by atoms with Gasteiger partial charge in [0.25, 0.3) is 5.91 Å². The van der Waals surface area contributed by atoms with Gasteiger partial charge in [-0.25, -0.2) is 0 Å². The predicted octanol–water partition coefficient (Wildman–Crippen LogP) is 4.84. The fourth-order valence-electron chi connectivity index (χ4n) is 5.28. The van der Waals surface area contributed by atoms with Crippen LogP contribution in [0.2, 0.25) is 0 Å². The summed E-state index contributed by atoms with van der Waals surface area (Å²) in [7, 11) is 0. The number of allylic oxidation sites excluding steroid dienone is 1. The Hall–Kier alpha value is -3.98. The second-order valence-electron chi connectivity index (χ2n) is 10.2. The molecule has 2 atom stereocenters. The number of rotatable bonds is 5. The summed E-state index contributed by atoms with van der Waals surface area (Å²) < 4.78 is 82.4. The number of benzene rings is 2. The lowest BCUT2D eigenvalue weighted by atomic mass is 9.81. The molecule has 5 rings (SSSR count). The number of carbonyl (C=O) groups is 1. The number of alkyl halides is 6. The molecule has 43 heavy (non-hydrogen) atoms. The molecular formula is C28H26F6N6O2S. The number of aliphatic imine (C=N–C) groups is 1. The Kier molecular flexibility index (Phi) is 8.47. The monoisotopic (exact) mass is 624 g/mol. The number of hydrogen-bond acceptors (Lipinski definition) is 8. The van der Waals surface area contributed by atoms with E-state index in [2.05, 4.69) is 20.5 Å². The second-order valence-corrected chi connectivity index (χ2v) is 11.1. The highest BCUT2D eigenvalue weighted by molar-refractivity contribution is 7.15. The second kappa shape index (κ2) is 12.0. The number of hydrogen-bond donors (Lipinski definition) is 3. The highest BCUT2D eigenvalue weighted by atomic mass is 32.1. The molecule has 2 saturated heterocycles. The lowest BCUT2D eigenvalue weighted by Crippen LogP contribution is -2.56. The van der Waals surface area contributed by atoms with Gasteiger partial charge in [-0.3, -0.25) is 9.79 Å². The molecule has 2 aliphatic rings. The maximum Gasteiger partial charge on any atom is 0.445 e. The average Bonchev–Trinajstić information content (AvgIpc) is 3.49. The van der Waals surface area contributed by atoms with Crippen molar-refractivity contribution in [2.24, 2.45) is 22.6 Å². The van der Waals surface area contributed by atoms with Crippen molar-refractivity contribution >= 4 is 28.2 Å². The minimum Gasteiger partial charge on any atom is -0.401 e. The zero-order chi connectivity index (χ0) is 30.9. The molecular weight excluding hydrogens is 598 g/mol. The van der Waals surface area contributed by atoms with Gasteiger partial charge in [0.2, 0.25) is 10.1 Å². The van der Waals surface area contributed by atoms with E-state index < -0.39 is 58.7 Å². The highest BCUT2D eigenvalue weighted by Crippen LogP contribution is 2.42. The van der Waals surface area contributed by atoms with Gasteiger partial charge >= 0.3 is 12.4 Å². The Balaban J connectivity index is 1.54. The van der Waals surface area contributed by atoms with Gasteiger partial charge in [0, 0.05) is 30.3 Å². The molecule has 228 valence electrons. The van der Waals surface area contributed by atoms with Crippen molar-refractivity contribution in [3.8, 4) is 0 Å². The van der Waals surface area contributed by atoms with Gasteiger partial charge in [0.1, 0.15) is 23.9 Å². The van der Waals surface area contributed by atoms with Crippen molar-refractivity contribution in [3.63, 3.8) is 0 Å². The summed E-state index contributed by atoms with van der Waals surface area (Å²) in [6, 6.07) is 16.8. The summed E-state index contributed by atoms with van der Waals surface area (Å²) in [5.41, 5.74) is 7.02. The molecule has 2 aromatic carbocycles. The summed E-state index contributed by atoms with van der Waals surface area (Å²) in [6.07, 6.45) is -11.8. The number of aromatic nitrogens is 2. The zero-order valence-corrected chi connectivity index (χ0v) is 23.1. The maximum atomic E-state index is 14.5. The predicted molar refractivity (Wildman–Crippen MR) is 147 cm³/mol. The van der Waals surface area contributed by atoms with Crippen molar-refractivity contribution in [2.45, 2.75) is 37.3 Å². The third kappa shape index (κ3) is 6.51. The first-order chi connectivity index (χ1) is 20.3. The molecule has 3 aromatic rings. The number of anilines is 1. The Bertz CT molecular complexity index is 1460. The largest absolute Gasteiger partial charge is 0.445 e. The lowest BCUT2D eigenvalue weighted by molar-refractivity contribution is -0.191. The van der Waals surface area contributed by atoms with Crippen molar-refractivity contribution in [3.05, 3.63) is 88.1 Å². The number of aliphatic hydroxyl groups excluding tert-OH is 1. The zero-order valence-electron chi connectivity index (χ0n) is 22.3. The van der Waals surface area contributed by atoms with Crippen LogP contribution in [0.5, 0.6) is 0 Å². The molecule has 0 spiro atoms. The molecule has 1 aromatic heterocycles. The molecule has 3 heterocycles. The summed E-state index contributed by atoms with van der Waals surface area (Å²) in [5, 5.41) is 18.5. The number of piperidine rings is 2. The van der Waals surface area contributed by atoms with Gasteiger partial charge in [0.05, 0.1) is 0 Å². The van der Waals surface area contributed by atoms with Crippen LogP contribution in [-0.2, 0) is 11.0 Å². The molecule has 2 aliphatic heterocycles. The minimum absolute atomic E-state index is 0.0429. The molecule has 4 N–H and O–H groups in total. The van der Waals surface area contributed by atoms with Crippen molar-refractivity contribution in [1.29, 1.82) is 0 Å². The van der Waals surface area contributed by atoms with Gasteiger partial charge < -0.3 is 21.1 Å². The molecule has 15 heteroatoms. The summed E-state index contributed by atoms with van der Waals surface area (Å²) >= 11 is 0.378. The quantitative estimate of drug-likeness (QED) is 0.350. The highest BCUT2D eigenvalue weighted by Gasteiger charge is 2.54. The Labute approximate surface area is 245 Å². The van der Waals surface area contributed by atoms with Gasteiger partial charge in [-0.05, 0) is 24.0 Å². The van der Waals surface area contributed by atoms with Crippen LogP contribution >= 0.6 is 11.3 Å². The number of nitrogens with one attached hydrogen (secondary N) is 1. The molecule has 1 amide bonds. The molecule has 0 bridgehead atoms. The Morgan fingerprint density at radius 2 is 1.53 bits per heavy atom.